The first kappa shape index (κ1) is 15.7. The van der Waals surface area contributed by atoms with Gasteiger partial charge in [0, 0.05) is 25.2 Å². The minimum absolute atomic E-state index is 0.0388. The van der Waals surface area contributed by atoms with Crippen LogP contribution in [0.1, 0.15) is 25.3 Å². The number of piperidine rings is 1. The van der Waals surface area contributed by atoms with E-state index in [1.54, 1.807) is 18.2 Å². The number of thioether (sulfide) groups is 1. The zero-order valence-electron chi connectivity index (χ0n) is 12.8. The third kappa shape index (κ3) is 3.61. The van der Waals surface area contributed by atoms with E-state index in [2.05, 4.69) is 16.8 Å². The van der Waals surface area contributed by atoms with Crippen LogP contribution in [0.5, 0.6) is 0 Å². The fourth-order valence-corrected chi connectivity index (χ4v) is 3.54. The summed E-state index contributed by atoms with van der Waals surface area (Å²) in [5.41, 5.74) is 0.798. The van der Waals surface area contributed by atoms with E-state index < -0.39 is 4.92 Å². The Balaban J connectivity index is 1.70. The lowest BCUT2D eigenvalue weighted by Crippen LogP contribution is -2.35. The van der Waals surface area contributed by atoms with Crippen molar-refractivity contribution < 1.29 is 9.72 Å². The molecule has 2 aliphatic rings. The molecule has 0 N–H and O–H groups in total. The van der Waals surface area contributed by atoms with Crippen molar-refractivity contribution in [3.63, 3.8) is 0 Å². The number of carbonyl (C=O) groups excluding carboxylic acids is 1. The Morgan fingerprint density at radius 2 is 1.96 bits per heavy atom. The topological polar surface area (TPSA) is 75.8 Å². The molecule has 23 heavy (non-hydrogen) atoms. The van der Waals surface area contributed by atoms with Gasteiger partial charge >= 0.3 is 0 Å². The number of hydrogen-bond donors (Lipinski definition) is 0. The fourth-order valence-electron chi connectivity index (χ4n) is 2.58. The van der Waals surface area contributed by atoms with Crippen LogP contribution in [0.2, 0.25) is 0 Å². The van der Waals surface area contributed by atoms with Gasteiger partial charge in [-0.25, -0.2) is 0 Å². The predicted molar refractivity (Wildman–Crippen MR) is 91.1 cm³/mol. The number of nitrogens with zero attached hydrogens (tertiary/aromatic N) is 3. The molecule has 3 rings (SSSR count). The van der Waals surface area contributed by atoms with E-state index in [1.807, 2.05) is 0 Å². The number of rotatable bonds is 2. The van der Waals surface area contributed by atoms with E-state index in [9.17, 15) is 14.9 Å². The normalized spacial score (nSPS) is 20.9. The van der Waals surface area contributed by atoms with Crippen LogP contribution in [0.15, 0.2) is 34.2 Å². The molecule has 0 unspecified atom stereocenters. The Bertz CT molecular complexity index is 689. The standard InChI is InChI=1S/C16H17N3O3S/c1-11-6-8-18(9-7-11)16-17-15(20)14(23-16)10-12-2-4-13(5-3-12)19(21)22/h2-5,10-11H,6-9H2,1H3/b14-10-. The highest BCUT2D eigenvalue weighted by Crippen LogP contribution is 2.32. The zero-order chi connectivity index (χ0) is 16.4. The lowest BCUT2D eigenvalue weighted by Gasteiger charge is -2.30. The van der Waals surface area contributed by atoms with E-state index >= 15 is 0 Å². The number of benzene rings is 1. The number of nitro benzene ring substituents is 1. The molecule has 1 aromatic carbocycles. The third-order valence-electron chi connectivity index (χ3n) is 4.07. The van der Waals surface area contributed by atoms with Crippen molar-refractivity contribution in [1.29, 1.82) is 0 Å². The fraction of sp³-hybridized carbons (Fsp3) is 0.375. The minimum atomic E-state index is -0.440. The summed E-state index contributed by atoms with van der Waals surface area (Å²) < 4.78 is 0. The summed E-state index contributed by atoms with van der Waals surface area (Å²) in [7, 11) is 0. The smallest absolute Gasteiger partial charge is 0.286 e. The predicted octanol–water partition coefficient (Wildman–Crippen LogP) is 3.30. The van der Waals surface area contributed by atoms with Gasteiger partial charge in [-0.1, -0.05) is 6.92 Å². The lowest BCUT2D eigenvalue weighted by molar-refractivity contribution is -0.384. The van der Waals surface area contributed by atoms with Gasteiger partial charge in [0.25, 0.3) is 11.6 Å². The molecule has 2 aliphatic heterocycles. The highest BCUT2D eigenvalue weighted by Gasteiger charge is 2.28. The van der Waals surface area contributed by atoms with Crippen LogP contribution in [0.3, 0.4) is 0 Å². The average Bonchev–Trinajstić information content (AvgIpc) is 2.89. The first-order valence-electron chi connectivity index (χ1n) is 7.55. The summed E-state index contributed by atoms with van der Waals surface area (Å²) in [5, 5.41) is 11.4. The van der Waals surface area contributed by atoms with Crippen molar-refractivity contribution in [1.82, 2.24) is 4.90 Å². The van der Waals surface area contributed by atoms with Crippen LogP contribution >= 0.6 is 11.8 Å². The van der Waals surface area contributed by atoms with Gasteiger partial charge in [-0.15, -0.1) is 0 Å². The molecule has 0 bridgehead atoms. The van der Waals surface area contributed by atoms with Gasteiger partial charge in [0.15, 0.2) is 5.17 Å². The Morgan fingerprint density at radius 1 is 1.30 bits per heavy atom. The Kier molecular flexibility index (Phi) is 4.47. The molecule has 2 heterocycles. The first-order chi connectivity index (χ1) is 11.0. The number of aliphatic imine (C=N–C) groups is 1. The van der Waals surface area contributed by atoms with Crippen molar-refractivity contribution in [2.45, 2.75) is 19.8 Å². The molecule has 1 amide bonds. The number of likely N-dealkylation sites (tertiary alicyclic amines) is 1. The monoisotopic (exact) mass is 331 g/mol. The molecule has 0 spiro atoms. The lowest BCUT2D eigenvalue weighted by atomic mass is 10.00. The summed E-state index contributed by atoms with van der Waals surface area (Å²) in [6.45, 7) is 4.11. The molecule has 1 aromatic rings. The van der Waals surface area contributed by atoms with E-state index in [0.717, 1.165) is 42.6 Å². The molecule has 120 valence electrons. The van der Waals surface area contributed by atoms with Crippen LogP contribution < -0.4 is 0 Å². The molecule has 0 radical (unpaired) electrons. The Morgan fingerprint density at radius 3 is 2.57 bits per heavy atom. The largest absolute Gasteiger partial charge is 0.351 e. The second kappa shape index (κ2) is 6.54. The minimum Gasteiger partial charge on any atom is -0.351 e. The van der Waals surface area contributed by atoms with Crippen LogP contribution in [0, 0.1) is 16.0 Å². The summed E-state index contributed by atoms with van der Waals surface area (Å²) in [6.07, 6.45) is 3.98. The van der Waals surface area contributed by atoms with Gasteiger partial charge in [-0.05, 0) is 54.3 Å². The molecule has 6 nitrogen and oxygen atoms in total. The SMILES string of the molecule is CC1CCN(C2=NC(=O)/C(=C/c3ccc([N+](=O)[O-])cc3)S2)CC1. The molecule has 0 saturated carbocycles. The van der Waals surface area contributed by atoms with Gasteiger partial charge < -0.3 is 4.90 Å². The number of carbonyl (C=O) groups is 1. The number of nitro groups is 1. The molecule has 1 fully saturated rings. The van der Waals surface area contributed by atoms with Gasteiger partial charge in [0.05, 0.1) is 9.83 Å². The van der Waals surface area contributed by atoms with Crippen LogP contribution in [-0.4, -0.2) is 34.0 Å². The average molecular weight is 331 g/mol. The van der Waals surface area contributed by atoms with E-state index in [0.29, 0.717) is 4.91 Å². The molecular formula is C16H17N3O3S. The molecule has 0 aromatic heterocycles. The summed E-state index contributed by atoms with van der Waals surface area (Å²) >= 11 is 1.39. The Labute approximate surface area is 138 Å². The zero-order valence-corrected chi connectivity index (χ0v) is 13.6. The number of hydrogen-bond acceptors (Lipinski definition) is 5. The number of amidine groups is 1. The summed E-state index contributed by atoms with van der Waals surface area (Å²) in [4.78, 5) is 29.2. The molecule has 7 heteroatoms. The highest BCUT2D eigenvalue weighted by atomic mass is 32.2. The van der Waals surface area contributed by atoms with Crippen LogP contribution in [-0.2, 0) is 4.79 Å². The van der Waals surface area contributed by atoms with Crippen molar-refractivity contribution in [3.05, 3.63) is 44.8 Å². The van der Waals surface area contributed by atoms with Gasteiger partial charge in [-0.2, -0.15) is 4.99 Å². The maximum atomic E-state index is 12.1. The van der Waals surface area contributed by atoms with Gasteiger partial charge in [0.1, 0.15) is 0 Å². The van der Waals surface area contributed by atoms with Gasteiger partial charge in [-0.3, -0.25) is 14.9 Å². The van der Waals surface area contributed by atoms with Crippen LogP contribution in [0.25, 0.3) is 6.08 Å². The van der Waals surface area contributed by atoms with Crippen molar-refractivity contribution in [2.75, 3.05) is 13.1 Å². The van der Waals surface area contributed by atoms with Crippen molar-refractivity contribution in [3.8, 4) is 0 Å². The highest BCUT2D eigenvalue weighted by molar-refractivity contribution is 8.18. The van der Waals surface area contributed by atoms with Crippen molar-refractivity contribution >= 4 is 34.6 Å². The quantitative estimate of drug-likeness (QED) is 0.472. The van der Waals surface area contributed by atoms with E-state index in [-0.39, 0.29) is 11.6 Å². The first-order valence-corrected chi connectivity index (χ1v) is 8.36. The Hall–Kier alpha value is -2.15. The van der Waals surface area contributed by atoms with Crippen LogP contribution in [0.4, 0.5) is 5.69 Å². The maximum absolute atomic E-state index is 12.1. The molecule has 1 saturated heterocycles. The second-order valence-corrected chi connectivity index (χ2v) is 6.84. The number of non-ortho nitro benzene ring substituents is 1. The van der Waals surface area contributed by atoms with Gasteiger partial charge in [0.2, 0.25) is 0 Å². The second-order valence-electron chi connectivity index (χ2n) is 5.83. The molecular weight excluding hydrogens is 314 g/mol. The summed E-state index contributed by atoms with van der Waals surface area (Å²) in [5.74, 6) is 0.492. The maximum Gasteiger partial charge on any atom is 0.286 e. The van der Waals surface area contributed by atoms with Crippen molar-refractivity contribution in [2.24, 2.45) is 10.9 Å². The molecule has 0 aliphatic carbocycles. The van der Waals surface area contributed by atoms with E-state index in [1.165, 1.54) is 23.9 Å². The van der Waals surface area contributed by atoms with E-state index in [4.69, 9.17) is 0 Å². The summed E-state index contributed by atoms with van der Waals surface area (Å²) in [6, 6.07) is 6.15. The molecule has 0 atom stereocenters. The third-order valence-corrected chi connectivity index (χ3v) is 5.11. The number of amides is 1.